The molecule has 1 atom stereocenters. The fourth-order valence-corrected chi connectivity index (χ4v) is 2.20. The molecule has 0 aliphatic carbocycles. The van der Waals surface area contributed by atoms with Gasteiger partial charge in [-0.1, -0.05) is 36.7 Å². The van der Waals surface area contributed by atoms with Gasteiger partial charge in [-0.2, -0.15) is 4.98 Å². The van der Waals surface area contributed by atoms with Crippen LogP contribution in [0.4, 0.5) is 0 Å². The molecule has 0 N–H and O–H groups in total. The Morgan fingerprint density at radius 2 is 1.91 bits per heavy atom. The molecule has 0 saturated carbocycles. The summed E-state index contributed by atoms with van der Waals surface area (Å²) < 4.78 is 5.92. The number of nitrogens with zero attached hydrogens (tertiary/aromatic N) is 5. The number of hydrogen-bond acceptors (Lipinski definition) is 4. The number of benzene rings is 1. The van der Waals surface area contributed by atoms with Crippen LogP contribution in [0.15, 0.2) is 29.4 Å². The maximum absolute atomic E-state index is 8.65. The van der Waals surface area contributed by atoms with Crippen LogP contribution >= 0.6 is 0 Å². The summed E-state index contributed by atoms with van der Waals surface area (Å²) >= 11 is 0. The summed E-state index contributed by atoms with van der Waals surface area (Å²) in [6, 6.07) is 7.42. The maximum atomic E-state index is 8.65. The largest absolute Gasteiger partial charge is 0.439 e. The van der Waals surface area contributed by atoms with Gasteiger partial charge in [0.05, 0.1) is 11.7 Å². The van der Waals surface area contributed by atoms with Gasteiger partial charge in [-0.25, -0.2) is 4.98 Å². The van der Waals surface area contributed by atoms with Crippen LogP contribution in [0.25, 0.3) is 10.4 Å². The Kier molecular flexibility index (Phi) is 4.96. The Morgan fingerprint density at radius 3 is 2.50 bits per heavy atom. The van der Waals surface area contributed by atoms with E-state index >= 15 is 0 Å². The van der Waals surface area contributed by atoms with Gasteiger partial charge in [0, 0.05) is 10.5 Å². The van der Waals surface area contributed by atoms with Crippen LogP contribution in [0.3, 0.4) is 0 Å². The molecule has 0 aliphatic heterocycles. The second-order valence-corrected chi connectivity index (χ2v) is 5.09. The Labute approximate surface area is 129 Å². The van der Waals surface area contributed by atoms with Crippen molar-refractivity contribution in [2.45, 2.75) is 40.2 Å². The van der Waals surface area contributed by atoms with Crippen molar-refractivity contribution in [1.29, 1.82) is 0 Å². The van der Waals surface area contributed by atoms with E-state index in [-0.39, 0.29) is 6.04 Å². The van der Waals surface area contributed by atoms with Crippen LogP contribution in [0.1, 0.15) is 42.5 Å². The average molecular weight is 297 g/mol. The number of aryl methyl sites for hydroxylation is 2. The average Bonchev–Trinajstić information content (AvgIpc) is 2.49. The molecule has 0 aliphatic rings. The maximum Gasteiger partial charge on any atom is 0.225 e. The van der Waals surface area contributed by atoms with E-state index in [0.717, 1.165) is 17.0 Å². The third-order valence-electron chi connectivity index (χ3n) is 3.32. The van der Waals surface area contributed by atoms with Crippen molar-refractivity contribution in [3.05, 3.63) is 57.4 Å². The Bertz CT molecular complexity index is 705. The molecule has 0 bridgehead atoms. The molecule has 1 heterocycles. The van der Waals surface area contributed by atoms with E-state index < -0.39 is 0 Å². The standard InChI is InChI=1S/C16H19N5O/c1-5-14-15(11(3)20-21-17)18-12(4)19-16(14)22-13-8-6-10(2)7-9-13/h6-9,11H,5H2,1-4H3. The zero-order valence-corrected chi connectivity index (χ0v) is 13.2. The first kappa shape index (κ1) is 15.8. The predicted octanol–water partition coefficient (Wildman–Crippen LogP) is 4.82. The van der Waals surface area contributed by atoms with Gasteiger partial charge in [0.2, 0.25) is 5.88 Å². The summed E-state index contributed by atoms with van der Waals surface area (Å²) in [5, 5.41) is 3.74. The number of aromatic nitrogens is 2. The zero-order chi connectivity index (χ0) is 16.1. The second-order valence-electron chi connectivity index (χ2n) is 5.09. The van der Waals surface area contributed by atoms with E-state index in [1.807, 2.05) is 45.0 Å². The van der Waals surface area contributed by atoms with Gasteiger partial charge >= 0.3 is 0 Å². The third kappa shape index (κ3) is 3.54. The second kappa shape index (κ2) is 6.91. The normalized spacial score (nSPS) is 11.6. The van der Waals surface area contributed by atoms with Gasteiger partial charge in [-0.3, -0.25) is 0 Å². The lowest BCUT2D eigenvalue weighted by Crippen LogP contribution is -2.07. The van der Waals surface area contributed by atoms with Crippen LogP contribution in [0.2, 0.25) is 0 Å². The minimum atomic E-state index is -0.359. The van der Waals surface area contributed by atoms with E-state index in [9.17, 15) is 0 Å². The highest BCUT2D eigenvalue weighted by Crippen LogP contribution is 2.30. The van der Waals surface area contributed by atoms with Crippen molar-refractivity contribution in [3.8, 4) is 11.6 Å². The lowest BCUT2D eigenvalue weighted by Gasteiger charge is -2.15. The van der Waals surface area contributed by atoms with Gasteiger partial charge in [0.1, 0.15) is 11.6 Å². The van der Waals surface area contributed by atoms with Crippen molar-refractivity contribution >= 4 is 0 Å². The SMILES string of the molecule is CCc1c(Oc2ccc(C)cc2)nc(C)nc1C(C)N=[N+]=[N-]. The van der Waals surface area contributed by atoms with Gasteiger partial charge < -0.3 is 4.74 Å². The fourth-order valence-electron chi connectivity index (χ4n) is 2.20. The Hall–Kier alpha value is -2.59. The number of rotatable bonds is 5. The quantitative estimate of drug-likeness (QED) is 0.450. The zero-order valence-electron chi connectivity index (χ0n) is 13.2. The number of azide groups is 1. The van der Waals surface area contributed by atoms with Crippen molar-refractivity contribution in [3.63, 3.8) is 0 Å². The highest BCUT2D eigenvalue weighted by molar-refractivity contribution is 5.37. The summed E-state index contributed by atoms with van der Waals surface area (Å²) in [7, 11) is 0. The molecule has 22 heavy (non-hydrogen) atoms. The minimum absolute atomic E-state index is 0.359. The molecule has 0 saturated heterocycles. The highest BCUT2D eigenvalue weighted by atomic mass is 16.5. The van der Waals surface area contributed by atoms with Gasteiger partial charge in [0.15, 0.2) is 0 Å². The lowest BCUT2D eigenvalue weighted by molar-refractivity contribution is 0.450. The number of hydrogen-bond donors (Lipinski definition) is 0. The van der Waals surface area contributed by atoms with Crippen molar-refractivity contribution in [2.75, 3.05) is 0 Å². The molecular formula is C16H19N5O. The summed E-state index contributed by atoms with van der Waals surface area (Å²) in [6.07, 6.45) is 0.697. The number of ether oxygens (including phenoxy) is 1. The first-order valence-corrected chi connectivity index (χ1v) is 7.21. The van der Waals surface area contributed by atoms with Crippen LogP contribution in [-0.2, 0) is 6.42 Å². The lowest BCUT2D eigenvalue weighted by atomic mass is 10.1. The van der Waals surface area contributed by atoms with Crippen molar-refractivity contribution in [2.24, 2.45) is 5.11 Å². The minimum Gasteiger partial charge on any atom is -0.439 e. The summed E-state index contributed by atoms with van der Waals surface area (Å²) in [4.78, 5) is 11.7. The molecule has 6 heteroatoms. The topological polar surface area (TPSA) is 83.8 Å². The molecule has 2 aromatic rings. The van der Waals surface area contributed by atoms with Crippen molar-refractivity contribution < 1.29 is 4.74 Å². The molecule has 114 valence electrons. The molecule has 1 aromatic heterocycles. The monoisotopic (exact) mass is 297 g/mol. The molecular weight excluding hydrogens is 278 g/mol. The molecule has 2 rings (SSSR count). The highest BCUT2D eigenvalue weighted by Gasteiger charge is 2.17. The fraction of sp³-hybridized carbons (Fsp3) is 0.375. The van der Waals surface area contributed by atoms with Crippen LogP contribution in [-0.4, -0.2) is 9.97 Å². The van der Waals surface area contributed by atoms with E-state index in [1.54, 1.807) is 6.92 Å². The van der Waals surface area contributed by atoms with Crippen LogP contribution in [0.5, 0.6) is 11.6 Å². The summed E-state index contributed by atoms with van der Waals surface area (Å²) in [5.41, 5.74) is 11.4. The first-order valence-electron chi connectivity index (χ1n) is 7.21. The van der Waals surface area contributed by atoms with E-state index in [4.69, 9.17) is 10.3 Å². The van der Waals surface area contributed by atoms with Crippen LogP contribution in [0, 0.1) is 13.8 Å². The molecule has 0 radical (unpaired) electrons. The van der Waals surface area contributed by atoms with Crippen molar-refractivity contribution in [1.82, 2.24) is 9.97 Å². The van der Waals surface area contributed by atoms with E-state index in [2.05, 4.69) is 20.0 Å². The third-order valence-corrected chi connectivity index (χ3v) is 3.32. The Balaban J connectivity index is 2.46. The van der Waals surface area contributed by atoms with Gasteiger partial charge in [0.25, 0.3) is 0 Å². The van der Waals surface area contributed by atoms with Gasteiger partial charge in [-0.15, -0.1) is 0 Å². The molecule has 0 fully saturated rings. The molecule has 1 unspecified atom stereocenters. The smallest absolute Gasteiger partial charge is 0.225 e. The van der Waals surface area contributed by atoms with Gasteiger partial charge in [-0.05, 0) is 37.9 Å². The Morgan fingerprint density at radius 1 is 1.23 bits per heavy atom. The summed E-state index contributed by atoms with van der Waals surface area (Å²) in [6.45, 7) is 7.64. The van der Waals surface area contributed by atoms with E-state index in [0.29, 0.717) is 18.1 Å². The van der Waals surface area contributed by atoms with Crippen LogP contribution < -0.4 is 4.74 Å². The van der Waals surface area contributed by atoms with E-state index in [1.165, 1.54) is 5.56 Å². The summed E-state index contributed by atoms with van der Waals surface area (Å²) in [5.74, 6) is 1.84. The molecule has 0 spiro atoms. The first-order chi connectivity index (χ1) is 10.5. The molecule has 1 aromatic carbocycles. The molecule has 0 amide bonds. The molecule has 6 nitrogen and oxygen atoms in total. The predicted molar refractivity (Wildman–Crippen MR) is 85.0 cm³/mol.